The molecule has 0 saturated carbocycles. The second-order valence-corrected chi connectivity index (χ2v) is 4.40. The monoisotopic (exact) mass is 267 g/mol. The Hall–Kier alpha value is -0.870. The van der Waals surface area contributed by atoms with E-state index in [1.165, 1.54) is 5.52 Å². The van der Waals surface area contributed by atoms with Crippen LogP contribution in [0.4, 0.5) is 0 Å². The first kappa shape index (κ1) is 10.6. The lowest BCUT2D eigenvalue weighted by Gasteiger charge is -2.02. The van der Waals surface area contributed by atoms with Crippen molar-refractivity contribution in [2.75, 3.05) is 13.6 Å². The summed E-state index contributed by atoms with van der Waals surface area (Å²) >= 11 is 3.55. The van der Waals surface area contributed by atoms with Crippen molar-refractivity contribution in [3.8, 4) is 0 Å². The molecule has 4 heteroatoms. The van der Waals surface area contributed by atoms with Gasteiger partial charge in [0.1, 0.15) is 5.82 Å². The van der Waals surface area contributed by atoms with Crippen LogP contribution in [0.25, 0.3) is 11.0 Å². The molecule has 1 N–H and O–H groups in total. The fraction of sp³-hybridized carbons (Fsp3) is 0.364. The van der Waals surface area contributed by atoms with Crippen LogP contribution in [0.5, 0.6) is 0 Å². The van der Waals surface area contributed by atoms with E-state index in [1.807, 2.05) is 25.2 Å². The van der Waals surface area contributed by atoms with E-state index >= 15 is 0 Å². The molecule has 2 rings (SSSR count). The average Bonchev–Trinajstić information content (AvgIpc) is 2.54. The number of nitrogens with zero attached hydrogens (tertiary/aromatic N) is 2. The lowest BCUT2D eigenvalue weighted by atomic mass is 10.3. The van der Waals surface area contributed by atoms with Crippen molar-refractivity contribution in [3.05, 3.63) is 28.5 Å². The van der Waals surface area contributed by atoms with E-state index in [2.05, 4.69) is 37.8 Å². The molecule has 0 radical (unpaired) electrons. The topological polar surface area (TPSA) is 29.9 Å². The zero-order chi connectivity index (χ0) is 10.8. The zero-order valence-corrected chi connectivity index (χ0v) is 10.5. The van der Waals surface area contributed by atoms with Gasteiger partial charge in [-0.25, -0.2) is 4.98 Å². The van der Waals surface area contributed by atoms with Gasteiger partial charge >= 0.3 is 0 Å². The van der Waals surface area contributed by atoms with Crippen LogP contribution in [0.3, 0.4) is 0 Å². The number of likely N-dealkylation sites (N-methyl/N-ethyl adjacent to an activating group) is 1. The molecule has 15 heavy (non-hydrogen) atoms. The van der Waals surface area contributed by atoms with E-state index in [1.54, 1.807) is 0 Å². The van der Waals surface area contributed by atoms with Gasteiger partial charge in [-0.05, 0) is 35.1 Å². The van der Waals surface area contributed by atoms with E-state index in [9.17, 15) is 0 Å². The number of halogens is 1. The molecule has 0 aliphatic carbocycles. The van der Waals surface area contributed by atoms with Crippen molar-refractivity contribution in [2.24, 2.45) is 7.05 Å². The van der Waals surface area contributed by atoms with Gasteiger partial charge in [-0.2, -0.15) is 0 Å². The van der Waals surface area contributed by atoms with E-state index in [4.69, 9.17) is 0 Å². The Morgan fingerprint density at radius 3 is 2.93 bits per heavy atom. The number of nitrogens with one attached hydrogen (secondary N) is 1. The summed E-state index contributed by atoms with van der Waals surface area (Å²) in [5.74, 6) is 1.12. The number of hydrogen-bond donors (Lipinski definition) is 1. The van der Waals surface area contributed by atoms with Gasteiger partial charge in [0.25, 0.3) is 0 Å². The maximum absolute atomic E-state index is 4.60. The van der Waals surface area contributed by atoms with E-state index in [-0.39, 0.29) is 0 Å². The molecule has 1 heterocycles. The first-order valence-corrected chi connectivity index (χ1v) is 5.77. The molecule has 0 aliphatic rings. The van der Waals surface area contributed by atoms with Crippen LogP contribution < -0.4 is 5.32 Å². The molecule has 0 saturated heterocycles. The molecule has 0 amide bonds. The molecule has 80 valence electrons. The minimum atomic E-state index is 0.952. The van der Waals surface area contributed by atoms with Crippen molar-refractivity contribution in [1.82, 2.24) is 14.9 Å². The SMILES string of the molecule is CNCCc1nc2cccc(Br)c2n1C. The summed E-state index contributed by atoms with van der Waals surface area (Å²) in [5, 5.41) is 3.14. The Kier molecular flexibility index (Phi) is 3.07. The second kappa shape index (κ2) is 4.33. The number of para-hydroxylation sites is 1. The molecule has 0 spiro atoms. The molecular formula is C11H14BrN3. The van der Waals surface area contributed by atoms with Crippen molar-refractivity contribution in [3.63, 3.8) is 0 Å². The molecule has 0 fully saturated rings. The van der Waals surface area contributed by atoms with Crippen molar-refractivity contribution < 1.29 is 0 Å². The standard InChI is InChI=1S/C11H14BrN3/c1-13-7-6-10-14-9-5-3-4-8(12)11(9)15(10)2/h3-5,13H,6-7H2,1-2H3. The van der Waals surface area contributed by atoms with Gasteiger partial charge < -0.3 is 9.88 Å². The molecule has 0 aliphatic heterocycles. The Morgan fingerprint density at radius 1 is 1.47 bits per heavy atom. The van der Waals surface area contributed by atoms with E-state index < -0.39 is 0 Å². The molecule has 1 aromatic heterocycles. The largest absolute Gasteiger partial charge is 0.330 e. The summed E-state index contributed by atoms with van der Waals surface area (Å²) in [6.07, 6.45) is 0.952. The Labute approximate surface area is 97.6 Å². The Bertz CT molecular complexity index is 476. The first-order chi connectivity index (χ1) is 7.24. The highest BCUT2D eigenvalue weighted by atomic mass is 79.9. The van der Waals surface area contributed by atoms with Crippen molar-refractivity contribution in [2.45, 2.75) is 6.42 Å². The quantitative estimate of drug-likeness (QED) is 0.923. The molecule has 3 nitrogen and oxygen atoms in total. The fourth-order valence-corrected chi connectivity index (χ4v) is 2.35. The summed E-state index contributed by atoms with van der Waals surface area (Å²) in [5.41, 5.74) is 2.22. The molecule has 0 unspecified atom stereocenters. The first-order valence-electron chi connectivity index (χ1n) is 4.98. The highest BCUT2D eigenvalue weighted by Crippen LogP contribution is 2.23. The van der Waals surface area contributed by atoms with Crippen LogP contribution >= 0.6 is 15.9 Å². The maximum Gasteiger partial charge on any atom is 0.110 e. The van der Waals surface area contributed by atoms with Crippen LogP contribution in [0.2, 0.25) is 0 Å². The second-order valence-electron chi connectivity index (χ2n) is 3.55. The Morgan fingerprint density at radius 2 is 2.27 bits per heavy atom. The summed E-state index contributed by atoms with van der Waals surface area (Å²) in [7, 11) is 4.02. The zero-order valence-electron chi connectivity index (χ0n) is 8.92. The summed E-state index contributed by atoms with van der Waals surface area (Å²) in [4.78, 5) is 4.60. The lowest BCUT2D eigenvalue weighted by Crippen LogP contribution is -2.13. The molecule has 1 aromatic carbocycles. The van der Waals surface area contributed by atoms with Gasteiger partial charge in [0.15, 0.2) is 0 Å². The van der Waals surface area contributed by atoms with Crippen LogP contribution in [0.1, 0.15) is 5.82 Å². The predicted molar refractivity (Wildman–Crippen MR) is 66.0 cm³/mol. The van der Waals surface area contributed by atoms with Gasteiger partial charge in [0.2, 0.25) is 0 Å². The molecule has 0 bridgehead atoms. The minimum absolute atomic E-state index is 0.952. The van der Waals surface area contributed by atoms with Gasteiger partial charge in [0.05, 0.1) is 11.0 Å². The smallest absolute Gasteiger partial charge is 0.110 e. The number of imidazole rings is 1. The maximum atomic E-state index is 4.60. The van der Waals surface area contributed by atoms with Crippen LogP contribution in [-0.4, -0.2) is 23.1 Å². The summed E-state index contributed by atoms with van der Waals surface area (Å²) < 4.78 is 3.25. The van der Waals surface area contributed by atoms with Crippen LogP contribution in [-0.2, 0) is 13.5 Å². The summed E-state index contributed by atoms with van der Waals surface area (Å²) in [6.45, 7) is 0.953. The number of rotatable bonds is 3. The van der Waals surface area contributed by atoms with Gasteiger partial charge in [0, 0.05) is 24.5 Å². The van der Waals surface area contributed by atoms with Crippen LogP contribution in [0.15, 0.2) is 22.7 Å². The summed E-state index contributed by atoms with van der Waals surface area (Å²) in [6, 6.07) is 6.11. The molecule has 2 aromatic rings. The normalized spacial score (nSPS) is 11.1. The highest BCUT2D eigenvalue weighted by Gasteiger charge is 2.08. The average molecular weight is 268 g/mol. The number of benzene rings is 1. The van der Waals surface area contributed by atoms with Crippen molar-refractivity contribution in [1.29, 1.82) is 0 Å². The van der Waals surface area contributed by atoms with Gasteiger partial charge in [-0.1, -0.05) is 6.07 Å². The minimum Gasteiger partial charge on any atom is -0.330 e. The molecule has 0 atom stereocenters. The number of fused-ring (bicyclic) bond motifs is 1. The van der Waals surface area contributed by atoms with Gasteiger partial charge in [-0.15, -0.1) is 0 Å². The lowest BCUT2D eigenvalue weighted by molar-refractivity contribution is 0.725. The van der Waals surface area contributed by atoms with E-state index in [0.29, 0.717) is 0 Å². The van der Waals surface area contributed by atoms with Gasteiger partial charge in [-0.3, -0.25) is 0 Å². The van der Waals surface area contributed by atoms with Crippen LogP contribution in [0, 0.1) is 0 Å². The third-order valence-corrected chi connectivity index (χ3v) is 3.18. The predicted octanol–water partition coefficient (Wildman–Crippen LogP) is 2.10. The van der Waals surface area contributed by atoms with E-state index in [0.717, 1.165) is 28.8 Å². The molecular weight excluding hydrogens is 254 g/mol. The number of aryl methyl sites for hydroxylation is 1. The Balaban J connectivity index is 2.50. The third-order valence-electron chi connectivity index (χ3n) is 2.54. The third kappa shape index (κ3) is 1.92. The van der Waals surface area contributed by atoms with Crippen molar-refractivity contribution >= 4 is 27.0 Å². The fourth-order valence-electron chi connectivity index (χ4n) is 1.73. The number of hydrogen-bond acceptors (Lipinski definition) is 2. The highest BCUT2D eigenvalue weighted by molar-refractivity contribution is 9.10. The number of aromatic nitrogens is 2.